The van der Waals surface area contributed by atoms with Crippen molar-refractivity contribution in [3.8, 4) is 0 Å². The van der Waals surface area contributed by atoms with Crippen LogP contribution in [0, 0.1) is 0 Å². The molecule has 1 heterocycles. The van der Waals surface area contributed by atoms with Gasteiger partial charge in [-0.25, -0.2) is 13.4 Å². The van der Waals surface area contributed by atoms with E-state index in [0.29, 0.717) is 13.1 Å². The summed E-state index contributed by atoms with van der Waals surface area (Å²) in [4.78, 5) is 3.93. The maximum Gasteiger partial charge on any atom is 0.260 e. The minimum atomic E-state index is -3.53. The molecular formula is C14H16N2O2S. The molecule has 0 aliphatic rings. The van der Waals surface area contributed by atoms with Gasteiger partial charge in [-0.1, -0.05) is 43.3 Å². The molecule has 0 saturated heterocycles. The van der Waals surface area contributed by atoms with Crippen LogP contribution < -0.4 is 0 Å². The molecule has 100 valence electrons. The van der Waals surface area contributed by atoms with Gasteiger partial charge in [-0.05, 0) is 17.7 Å². The lowest BCUT2D eigenvalue weighted by atomic mass is 10.2. The summed E-state index contributed by atoms with van der Waals surface area (Å²) in [6, 6.07) is 14.4. The van der Waals surface area contributed by atoms with Crippen LogP contribution in [0.5, 0.6) is 0 Å². The van der Waals surface area contributed by atoms with E-state index in [1.54, 1.807) is 12.1 Å². The topological polar surface area (TPSA) is 50.3 Å². The van der Waals surface area contributed by atoms with E-state index in [0.717, 1.165) is 5.56 Å². The van der Waals surface area contributed by atoms with Gasteiger partial charge in [-0.15, -0.1) is 0 Å². The van der Waals surface area contributed by atoms with Crippen molar-refractivity contribution in [2.24, 2.45) is 0 Å². The molecular weight excluding hydrogens is 260 g/mol. The molecule has 0 unspecified atom stereocenters. The first-order valence-electron chi connectivity index (χ1n) is 6.09. The Hall–Kier alpha value is -1.72. The molecule has 0 radical (unpaired) electrons. The molecule has 0 aliphatic heterocycles. The van der Waals surface area contributed by atoms with Gasteiger partial charge in [0.1, 0.15) is 0 Å². The Kier molecular flexibility index (Phi) is 4.29. The van der Waals surface area contributed by atoms with Gasteiger partial charge in [0.15, 0.2) is 5.03 Å². The smallest absolute Gasteiger partial charge is 0.243 e. The third-order valence-electron chi connectivity index (χ3n) is 2.80. The lowest BCUT2D eigenvalue weighted by Crippen LogP contribution is -2.31. The highest BCUT2D eigenvalue weighted by Crippen LogP contribution is 2.15. The molecule has 1 aromatic carbocycles. The van der Waals surface area contributed by atoms with Gasteiger partial charge in [0.05, 0.1) is 0 Å². The van der Waals surface area contributed by atoms with Crippen LogP contribution in [0.3, 0.4) is 0 Å². The monoisotopic (exact) mass is 276 g/mol. The summed E-state index contributed by atoms with van der Waals surface area (Å²) < 4.78 is 26.3. The molecule has 0 atom stereocenters. The van der Waals surface area contributed by atoms with Gasteiger partial charge in [0.25, 0.3) is 10.0 Å². The Labute approximate surface area is 113 Å². The van der Waals surface area contributed by atoms with Crippen molar-refractivity contribution < 1.29 is 8.42 Å². The Bertz CT molecular complexity index is 612. The Morgan fingerprint density at radius 1 is 1.05 bits per heavy atom. The van der Waals surface area contributed by atoms with Crippen LogP contribution in [-0.2, 0) is 16.6 Å². The minimum absolute atomic E-state index is 0.0905. The standard InChI is InChI=1S/C14H16N2O2S/c1-2-16(12-13-8-4-3-5-9-13)19(17,18)14-10-6-7-11-15-14/h3-11H,2,12H2,1H3. The number of sulfonamides is 1. The molecule has 0 aliphatic carbocycles. The largest absolute Gasteiger partial charge is 0.260 e. The van der Waals surface area contributed by atoms with Crippen LogP contribution in [0.25, 0.3) is 0 Å². The molecule has 0 amide bonds. The molecule has 2 aromatic rings. The third kappa shape index (κ3) is 3.19. The maximum absolute atomic E-state index is 12.4. The molecule has 0 saturated carbocycles. The van der Waals surface area contributed by atoms with Gasteiger partial charge in [0.2, 0.25) is 0 Å². The van der Waals surface area contributed by atoms with E-state index >= 15 is 0 Å². The van der Waals surface area contributed by atoms with E-state index < -0.39 is 10.0 Å². The number of hydrogen-bond donors (Lipinski definition) is 0. The summed E-state index contributed by atoms with van der Waals surface area (Å²) in [5.74, 6) is 0. The van der Waals surface area contributed by atoms with E-state index in [1.165, 1.54) is 16.6 Å². The van der Waals surface area contributed by atoms with Crippen molar-refractivity contribution in [2.75, 3.05) is 6.54 Å². The number of benzene rings is 1. The van der Waals surface area contributed by atoms with Gasteiger partial charge < -0.3 is 0 Å². The summed E-state index contributed by atoms with van der Waals surface area (Å²) in [5, 5.41) is 0.0905. The van der Waals surface area contributed by atoms with E-state index in [4.69, 9.17) is 0 Å². The molecule has 0 fully saturated rings. The van der Waals surface area contributed by atoms with E-state index in [9.17, 15) is 8.42 Å². The second kappa shape index (κ2) is 5.95. The molecule has 0 N–H and O–H groups in total. The molecule has 0 bridgehead atoms. The number of aromatic nitrogens is 1. The summed E-state index contributed by atoms with van der Waals surface area (Å²) in [6.45, 7) is 2.59. The summed E-state index contributed by atoms with van der Waals surface area (Å²) in [7, 11) is -3.53. The van der Waals surface area contributed by atoms with Crippen molar-refractivity contribution in [1.82, 2.24) is 9.29 Å². The van der Waals surface area contributed by atoms with Crippen LogP contribution >= 0.6 is 0 Å². The second-order valence-corrected chi connectivity index (χ2v) is 5.97. The van der Waals surface area contributed by atoms with E-state index in [2.05, 4.69) is 4.98 Å². The summed E-state index contributed by atoms with van der Waals surface area (Å²) in [6.07, 6.45) is 1.49. The van der Waals surface area contributed by atoms with Crippen LogP contribution in [-0.4, -0.2) is 24.3 Å². The predicted octanol–water partition coefficient (Wildman–Crippen LogP) is 2.29. The molecule has 2 rings (SSSR count). The molecule has 4 nitrogen and oxygen atoms in total. The SMILES string of the molecule is CCN(Cc1ccccc1)S(=O)(=O)c1ccccn1. The first-order chi connectivity index (χ1) is 9.14. The van der Waals surface area contributed by atoms with Gasteiger partial charge in [0, 0.05) is 19.3 Å². The predicted molar refractivity (Wildman–Crippen MR) is 73.9 cm³/mol. The third-order valence-corrected chi connectivity index (χ3v) is 4.63. The Morgan fingerprint density at radius 2 is 1.74 bits per heavy atom. The van der Waals surface area contributed by atoms with Crippen LogP contribution in [0.2, 0.25) is 0 Å². The maximum atomic E-state index is 12.4. The molecule has 0 spiro atoms. The highest BCUT2D eigenvalue weighted by atomic mass is 32.2. The van der Waals surface area contributed by atoms with E-state index in [1.807, 2.05) is 37.3 Å². The van der Waals surface area contributed by atoms with Crippen LogP contribution in [0.4, 0.5) is 0 Å². The molecule has 1 aromatic heterocycles. The quantitative estimate of drug-likeness (QED) is 0.842. The van der Waals surface area contributed by atoms with Gasteiger partial charge in [-0.2, -0.15) is 4.31 Å². The zero-order chi connectivity index (χ0) is 13.7. The van der Waals surface area contributed by atoms with Gasteiger partial charge in [-0.3, -0.25) is 0 Å². The number of hydrogen-bond acceptors (Lipinski definition) is 3. The van der Waals surface area contributed by atoms with Crippen molar-refractivity contribution in [2.45, 2.75) is 18.5 Å². The number of pyridine rings is 1. The minimum Gasteiger partial charge on any atom is -0.243 e. The number of rotatable bonds is 5. The second-order valence-electron chi connectivity index (χ2n) is 4.08. The number of nitrogens with zero attached hydrogens (tertiary/aromatic N) is 2. The average Bonchev–Trinajstić information content (AvgIpc) is 2.46. The van der Waals surface area contributed by atoms with Crippen LogP contribution in [0.1, 0.15) is 12.5 Å². The Morgan fingerprint density at radius 3 is 2.32 bits per heavy atom. The fourth-order valence-electron chi connectivity index (χ4n) is 1.79. The summed E-state index contributed by atoms with van der Waals surface area (Å²) >= 11 is 0. The van der Waals surface area contributed by atoms with Crippen molar-refractivity contribution >= 4 is 10.0 Å². The normalized spacial score (nSPS) is 11.7. The highest BCUT2D eigenvalue weighted by Gasteiger charge is 2.23. The van der Waals surface area contributed by atoms with Gasteiger partial charge >= 0.3 is 0 Å². The van der Waals surface area contributed by atoms with Crippen molar-refractivity contribution in [3.63, 3.8) is 0 Å². The zero-order valence-electron chi connectivity index (χ0n) is 10.7. The first kappa shape index (κ1) is 13.7. The molecule has 5 heteroatoms. The first-order valence-corrected chi connectivity index (χ1v) is 7.53. The Balaban J connectivity index is 2.27. The fourth-order valence-corrected chi connectivity index (χ4v) is 3.15. The zero-order valence-corrected chi connectivity index (χ0v) is 11.5. The lowest BCUT2D eigenvalue weighted by Gasteiger charge is -2.19. The van der Waals surface area contributed by atoms with Crippen molar-refractivity contribution in [1.29, 1.82) is 0 Å². The highest BCUT2D eigenvalue weighted by molar-refractivity contribution is 7.89. The fraction of sp³-hybridized carbons (Fsp3) is 0.214. The van der Waals surface area contributed by atoms with Crippen LogP contribution in [0.15, 0.2) is 59.8 Å². The molecule has 19 heavy (non-hydrogen) atoms. The average molecular weight is 276 g/mol. The van der Waals surface area contributed by atoms with Crippen molar-refractivity contribution in [3.05, 3.63) is 60.3 Å². The summed E-state index contributed by atoms with van der Waals surface area (Å²) in [5.41, 5.74) is 0.962. The lowest BCUT2D eigenvalue weighted by molar-refractivity contribution is 0.421. The van der Waals surface area contributed by atoms with E-state index in [-0.39, 0.29) is 5.03 Å².